The summed E-state index contributed by atoms with van der Waals surface area (Å²) < 4.78 is 0. The van der Waals surface area contributed by atoms with Crippen molar-refractivity contribution in [1.82, 2.24) is 4.98 Å². The van der Waals surface area contributed by atoms with Crippen LogP contribution in [0.2, 0.25) is 0 Å². The van der Waals surface area contributed by atoms with Crippen LogP contribution in [0.5, 0.6) is 0 Å². The summed E-state index contributed by atoms with van der Waals surface area (Å²) in [5, 5.41) is 3.38. The number of alkyl halides is 1. The zero-order valence-corrected chi connectivity index (χ0v) is 11.8. The predicted octanol–water partition coefficient (Wildman–Crippen LogP) is 4.28. The molecule has 0 saturated heterocycles. The number of halogens is 1. The van der Waals surface area contributed by atoms with E-state index in [4.69, 9.17) is 0 Å². The zero-order chi connectivity index (χ0) is 10.9. The van der Waals surface area contributed by atoms with Crippen LogP contribution in [0, 0.1) is 11.3 Å². The third-order valence-corrected chi connectivity index (χ3v) is 5.29. The van der Waals surface area contributed by atoms with Crippen LogP contribution in [-0.2, 0) is 6.42 Å². The Bertz CT molecular complexity index is 307. The zero-order valence-electron chi connectivity index (χ0n) is 9.37. The van der Waals surface area contributed by atoms with Crippen LogP contribution >= 0.6 is 27.3 Å². The van der Waals surface area contributed by atoms with Gasteiger partial charge in [-0.05, 0) is 30.6 Å². The number of aromatic nitrogens is 1. The van der Waals surface area contributed by atoms with Crippen LogP contribution in [0.4, 0.5) is 0 Å². The lowest BCUT2D eigenvalue weighted by molar-refractivity contribution is 0.143. The molecule has 0 spiro atoms. The SMILES string of the molecule is CC1(C)CCC(Br)CC1Cc1nccs1. The van der Waals surface area contributed by atoms with E-state index in [1.807, 2.05) is 6.20 Å². The molecule has 1 aliphatic carbocycles. The first-order valence-corrected chi connectivity index (χ1v) is 7.40. The standard InChI is InChI=1S/C12H18BrNS/c1-12(2)4-3-10(13)7-9(12)8-11-14-5-6-15-11/h5-6,9-10H,3-4,7-8H2,1-2H3. The minimum atomic E-state index is 0.482. The Kier molecular flexibility index (Phi) is 3.51. The first-order chi connectivity index (χ1) is 7.08. The van der Waals surface area contributed by atoms with Gasteiger partial charge >= 0.3 is 0 Å². The van der Waals surface area contributed by atoms with Gasteiger partial charge in [0.2, 0.25) is 0 Å². The van der Waals surface area contributed by atoms with Crippen LogP contribution in [0.1, 0.15) is 38.1 Å². The lowest BCUT2D eigenvalue weighted by Gasteiger charge is -2.40. The maximum atomic E-state index is 4.40. The molecule has 1 saturated carbocycles. The fourth-order valence-corrected chi connectivity index (χ4v) is 3.78. The Morgan fingerprint density at radius 3 is 3.07 bits per heavy atom. The Labute approximate surface area is 104 Å². The largest absolute Gasteiger partial charge is 0.250 e. The Balaban J connectivity index is 2.05. The summed E-state index contributed by atoms with van der Waals surface area (Å²) in [6.45, 7) is 4.81. The molecular formula is C12H18BrNS. The van der Waals surface area contributed by atoms with E-state index in [2.05, 4.69) is 40.1 Å². The second kappa shape index (κ2) is 4.54. The Morgan fingerprint density at radius 1 is 1.60 bits per heavy atom. The third kappa shape index (κ3) is 2.82. The molecular weight excluding hydrogens is 270 g/mol. The average molecular weight is 288 g/mol. The highest BCUT2D eigenvalue weighted by atomic mass is 79.9. The first kappa shape index (κ1) is 11.6. The van der Waals surface area contributed by atoms with E-state index in [1.165, 1.54) is 24.3 Å². The summed E-state index contributed by atoms with van der Waals surface area (Å²) in [5.74, 6) is 0.779. The van der Waals surface area contributed by atoms with Crippen molar-refractivity contribution in [3.8, 4) is 0 Å². The molecule has 1 heterocycles. The first-order valence-electron chi connectivity index (χ1n) is 5.60. The van der Waals surface area contributed by atoms with Gasteiger partial charge in [-0.15, -0.1) is 11.3 Å². The molecule has 0 N–H and O–H groups in total. The van der Waals surface area contributed by atoms with Crippen molar-refractivity contribution in [3.63, 3.8) is 0 Å². The van der Waals surface area contributed by atoms with Gasteiger partial charge in [0.25, 0.3) is 0 Å². The number of hydrogen-bond acceptors (Lipinski definition) is 2. The average Bonchev–Trinajstić information content (AvgIpc) is 2.65. The van der Waals surface area contributed by atoms with Crippen molar-refractivity contribution in [2.75, 3.05) is 0 Å². The van der Waals surface area contributed by atoms with E-state index >= 15 is 0 Å². The highest BCUT2D eigenvalue weighted by Crippen LogP contribution is 2.44. The van der Waals surface area contributed by atoms with Crippen molar-refractivity contribution in [3.05, 3.63) is 16.6 Å². The van der Waals surface area contributed by atoms with Gasteiger partial charge in [-0.25, -0.2) is 4.98 Å². The topological polar surface area (TPSA) is 12.9 Å². The molecule has 15 heavy (non-hydrogen) atoms. The molecule has 84 valence electrons. The molecule has 0 bridgehead atoms. The second-order valence-electron chi connectivity index (χ2n) is 5.19. The van der Waals surface area contributed by atoms with E-state index in [-0.39, 0.29) is 0 Å². The summed E-state index contributed by atoms with van der Waals surface area (Å²) in [4.78, 5) is 5.12. The highest BCUT2D eigenvalue weighted by Gasteiger charge is 2.35. The van der Waals surface area contributed by atoms with Crippen LogP contribution < -0.4 is 0 Å². The number of thiazole rings is 1. The molecule has 1 nitrogen and oxygen atoms in total. The fourth-order valence-electron chi connectivity index (χ4n) is 2.40. The summed E-state index contributed by atoms with van der Waals surface area (Å²) in [5.41, 5.74) is 0.482. The minimum Gasteiger partial charge on any atom is -0.250 e. The van der Waals surface area contributed by atoms with Crippen molar-refractivity contribution in [2.45, 2.75) is 44.4 Å². The molecule has 2 rings (SSSR count). The second-order valence-corrected chi connectivity index (χ2v) is 7.46. The molecule has 3 heteroatoms. The lowest BCUT2D eigenvalue weighted by atomic mass is 9.67. The van der Waals surface area contributed by atoms with Crippen molar-refractivity contribution >= 4 is 27.3 Å². The lowest BCUT2D eigenvalue weighted by Crippen LogP contribution is -2.33. The molecule has 2 atom stereocenters. The fraction of sp³-hybridized carbons (Fsp3) is 0.750. The van der Waals surface area contributed by atoms with Gasteiger partial charge in [0.05, 0.1) is 5.01 Å². The normalized spacial score (nSPS) is 30.3. The third-order valence-electron chi connectivity index (χ3n) is 3.65. The van der Waals surface area contributed by atoms with Gasteiger partial charge in [0.1, 0.15) is 0 Å². The van der Waals surface area contributed by atoms with Crippen LogP contribution in [0.15, 0.2) is 11.6 Å². The Hall–Kier alpha value is 0.110. The number of hydrogen-bond donors (Lipinski definition) is 0. The van der Waals surface area contributed by atoms with E-state index in [1.54, 1.807) is 11.3 Å². The van der Waals surface area contributed by atoms with Crippen molar-refractivity contribution < 1.29 is 0 Å². The van der Waals surface area contributed by atoms with Gasteiger partial charge < -0.3 is 0 Å². The quantitative estimate of drug-likeness (QED) is 0.740. The summed E-state index contributed by atoms with van der Waals surface area (Å²) in [6.07, 6.45) is 7.03. The van der Waals surface area contributed by atoms with E-state index in [0.717, 1.165) is 17.2 Å². The molecule has 1 aromatic heterocycles. The highest BCUT2D eigenvalue weighted by molar-refractivity contribution is 9.09. The molecule has 0 radical (unpaired) electrons. The van der Waals surface area contributed by atoms with Gasteiger partial charge in [-0.1, -0.05) is 29.8 Å². The van der Waals surface area contributed by atoms with Crippen LogP contribution in [0.3, 0.4) is 0 Å². The van der Waals surface area contributed by atoms with Crippen molar-refractivity contribution in [1.29, 1.82) is 0 Å². The molecule has 1 fully saturated rings. The molecule has 0 aliphatic heterocycles. The number of nitrogens with zero attached hydrogens (tertiary/aromatic N) is 1. The van der Waals surface area contributed by atoms with Gasteiger partial charge in [-0.3, -0.25) is 0 Å². The van der Waals surface area contributed by atoms with Crippen LogP contribution in [0.25, 0.3) is 0 Å². The van der Waals surface area contributed by atoms with Gasteiger partial charge in [-0.2, -0.15) is 0 Å². The molecule has 1 aromatic rings. The predicted molar refractivity (Wildman–Crippen MR) is 69.7 cm³/mol. The van der Waals surface area contributed by atoms with E-state index in [9.17, 15) is 0 Å². The summed E-state index contributed by atoms with van der Waals surface area (Å²) >= 11 is 5.56. The summed E-state index contributed by atoms with van der Waals surface area (Å²) in [6, 6.07) is 0. The monoisotopic (exact) mass is 287 g/mol. The summed E-state index contributed by atoms with van der Waals surface area (Å²) in [7, 11) is 0. The van der Waals surface area contributed by atoms with E-state index in [0.29, 0.717) is 5.41 Å². The maximum Gasteiger partial charge on any atom is 0.0927 e. The van der Waals surface area contributed by atoms with Crippen LogP contribution in [-0.4, -0.2) is 9.81 Å². The molecule has 1 aliphatic rings. The molecule has 2 unspecified atom stereocenters. The molecule has 0 aromatic carbocycles. The van der Waals surface area contributed by atoms with Gasteiger partial charge in [0.15, 0.2) is 0 Å². The van der Waals surface area contributed by atoms with Crippen molar-refractivity contribution in [2.24, 2.45) is 11.3 Å². The minimum absolute atomic E-state index is 0.482. The maximum absolute atomic E-state index is 4.40. The Morgan fingerprint density at radius 2 is 2.40 bits per heavy atom. The number of rotatable bonds is 2. The van der Waals surface area contributed by atoms with E-state index < -0.39 is 0 Å². The molecule has 0 amide bonds. The smallest absolute Gasteiger partial charge is 0.0927 e. The van der Waals surface area contributed by atoms with Gasteiger partial charge in [0, 0.05) is 22.8 Å².